The second kappa shape index (κ2) is 6.17. The molecule has 1 amide bonds. The summed E-state index contributed by atoms with van der Waals surface area (Å²) in [4.78, 5) is 27.2. The van der Waals surface area contributed by atoms with Crippen molar-refractivity contribution in [1.82, 2.24) is 4.98 Å². The van der Waals surface area contributed by atoms with Crippen LogP contribution in [0.2, 0.25) is 0 Å². The van der Waals surface area contributed by atoms with Gasteiger partial charge in [-0.2, -0.15) is 0 Å². The molecule has 1 heterocycles. The average Bonchev–Trinajstić information content (AvgIpc) is 2.27. The number of primary amides is 1. The van der Waals surface area contributed by atoms with E-state index in [1.165, 1.54) is 0 Å². The Labute approximate surface area is 112 Å². The molecule has 3 N–H and O–H groups in total. The molecule has 6 nitrogen and oxygen atoms in total. The number of nitrogens with one attached hydrogen (secondary N) is 1. The van der Waals surface area contributed by atoms with E-state index in [0.29, 0.717) is 18.0 Å². The summed E-state index contributed by atoms with van der Waals surface area (Å²) < 4.78 is 4.89. The Kier molecular flexibility index (Phi) is 4.86. The second-order valence-corrected chi connectivity index (χ2v) is 4.29. The normalized spacial score (nSPS) is 11.8. The number of aryl methyl sites for hydroxylation is 2. The van der Waals surface area contributed by atoms with Gasteiger partial charge >= 0.3 is 5.97 Å². The van der Waals surface area contributed by atoms with Crippen molar-refractivity contribution in [3.05, 3.63) is 22.9 Å². The van der Waals surface area contributed by atoms with Crippen molar-refractivity contribution < 1.29 is 14.3 Å². The topological polar surface area (TPSA) is 94.3 Å². The van der Waals surface area contributed by atoms with Gasteiger partial charge in [-0.05, 0) is 39.3 Å². The zero-order valence-electron chi connectivity index (χ0n) is 11.6. The van der Waals surface area contributed by atoms with E-state index in [4.69, 9.17) is 10.5 Å². The van der Waals surface area contributed by atoms with E-state index in [1.807, 2.05) is 0 Å². The van der Waals surface area contributed by atoms with E-state index >= 15 is 0 Å². The van der Waals surface area contributed by atoms with E-state index < -0.39 is 17.9 Å². The molecule has 6 heteroatoms. The predicted octanol–water partition coefficient (Wildman–Crippen LogP) is 1.16. The lowest BCUT2D eigenvalue weighted by Gasteiger charge is -2.16. The zero-order chi connectivity index (χ0) is 14.6. The van der Waals surface area contributed by atoms with Crippen molar-refractivity contribution in [2.45, 2.75) is 33.7 Å². The number of aromatic nitrogens is 1. The minimum absolute atomic E-state index is 0.293. The highest BCUT2D eigenvalue weighted by Crippen LogP contribution is 2.19. The van der Waals surface area contributed by atoms with Crippen molar-refractivity contribution in [2.75, 3.05) is 11.9 Å². The van der Waals surface area contributed by atoms with Gasteiger partial charge in [0.15, 0.2) is 0 Å². The van der Waals surface area contributed by atoms with Gasteiger partial charge in [0.25, 0.3) is 5.91 Å². The number of amides is 1. The summed E-state index contributed by atoms with van der Waals surface area (Å²) in [6, 6.07) is 1.16. The minimum atomic E-state index is -0.605. The van der Waals surface area contributed by atoms with Gasteiger partial charge in [-0.15, -0.1) is 0 Å². The fraction of sp³-hybridized carbons (Fsp3) is 0.462. The molecule has 1 atom stereocenters. The molecular weight excluding hydrogens is 246 g/mol. The number of hydrogen-bond acceptors (Lipinski definition) is 5. The molecule has 1 aromatic heterocycles. The van der Waals surface area contributed by atoms with Crippen molar-refractivity contribution in [3.63, 3.8) is 0 Å². The molecule has 0 fully saturated rings. The molecule has 104 valence electrons. The molecule has 0 aliphatic carbocycles. The fourth-order valence-electron chi connectivity index (χ4n) is 1.78. The first-order valence-electron chi connectivity index (χ1n) is 6.08. The number of pyridine rings is 1. The van der Waals surface area contributed by atoms with Crippen molar-refractivity contribution in [2.24, 2.45) is 5.73 Å². The summed E-state index contributed by atoms with van der Waals surface area (Å²) in [7, 11) is 0. The number of esters is 1. The number of anilines is 1. The summed E-state index contributed by atoms with van der Waals surface area (Å²) in [6.45, 7) is 7.25. The molecule has 0 aromatic carbocycles. The number of carbonyl (C=O) groups is 2. The Balaban J connectivity index is 3.06. The zero-order valence-corrected chi connectivity index (χ0v) is 11.6. The van der Waals surface area contributed by atoms with Gasteiger partial charge in [-0.25, -0.2) is 9.78 Å². The largest absolute Gasteiger partial charge is 0.464 e. The van der Waals surface area contributed by atoms with Gasteiger partial charge in [0.2, 0.25) is 0 Å². The minimum Gasteiger partial charge on any atom is -0.464 e. The van der Waals surface area contributed by atoms with Crippen LogP contribution < -0.4 is 11.1 Å². The lowest BCUT2D eigenvalue weighted by molar-refractivity contribution is -0.143. The second-order valence-electron chi connectivity index (χ2n) is 4.29. The summed E-state index contributed by atoms with van der Waals surface area (Å²) in [5.41, 5.74) is 7.09. The maximum atomic E-state index is 11.6. The summed E-state index contributed by atoms with van der Waals surface area (Å²) in [5.74, 6) is -0.673. The molecule has 0 aliphatic heterocycles. The molecule has 0 saturated carbocycles. The Morgan fingerprint density at radius 2 is 2.11 bits per heavy atom. The Hall–Kier alpha value is -2.11. The van der Waals surface area contributed by atoms with Crippen molar-refractivity contribution in [1.29, 1.82) is 0 Å². The molecule has 0 bridgehead atoms. The molecule has 0 saturated heterocycles. The van der Waals surface area contributed by atoms with E-state index in [2.05, 4.69) is 10.3 Å². The van der Waals surface area contributed by atoms with Gasteiger partial charge in [-0.1, -0.05) is 0 Å². The molecule has 1 rings (SSSR count). The SMILES string of the molecule is CCOC(=O)C(C)Nc1nc(C)cc(C)c1C(N)=O. The number of ether oxygens (including phenoxy) is 1. The first-order valence-corrected chi connectivity index (χ1v) is 6.08. The van der Waals surface area contributed by atoms with Gasteiger partial charge < -0.3 is 15.8 Å². The monoisotopic (exact) mass is 265 g/mol. The van der Waals surface area contributed by atoms with E-state index in [-0.39, 0.29) is 0 Å². The molecule has 0 aliphatic rings. The van der Waals surface area contributed by atoms with Crippen LogP contribution in [0.5, 0.6) is 0 Å². The molecule has 0 radical (unpaired) electrons. The smallest absolute Gasteiger partial charge is 0.328 e. The number of rotatable bonds is 5. The Bertz CT molecular complexity index is 500. The maximum absolute atomic E-state index is 11.6. The average molecular weight is 265 g/mol. The highest BCUT2D eigenvalue weighted by atomic mass is 16.5. The van der Waals surface area contributed by atoms with E-state index in [9.17, 15) is 9.59 Å². The quantitative estimate of drug-likeness (QED) is 0.779. The van der Waals surface area contributed by atoms with Crippen LogP contribution in [0.3, 0.4) is 0 Å². The molecule has 1 aromatic rings. The number of carbonyl (C=O) groups excluding carboxylic acids is 2. The van der Waals surface area contributed by atoms with Crippen LogP contribution in [0.4, 0.5) is 5.82 Å². The van der Waals surface area contributed by atoms with Crippen LogP contribution in [0.1, 0.15) is 35.5 Å². The van der Waals surface area contributed by atoms with Gasteiger partial charge in [-0.3, -0.25) is 4.79 Å². The van der Waals surface area contributed by atoms with Crippen LogP contribution in [0.15, 0.2) is 6.07 Å². The van der Waals surface area contributed by atoms with Gasteiger partial charge in [0.1, 0.15) is 11.9 Å². The first kappa shape index (κ1) is 14.9. The van der Waals surface area contributed by atoms with Crippen molar-refractivity contribution >= 4 is 17.7 Å². The standard InChI is InChI=1S/C13H19N3O3/c1-5-19-13(18)9(4)16-12-10(11(14)17)7(2)6-8(3)15-12/h6,9H,5H2,1-4H3,(H2,14,17)(H,15,16). The molecule has 19 heavy (non-hydrogen) atoms. The molecule has 1 unspecified atom stereocenters. The van der Waals surface area contributed by atoms with Gasteiger partial charge in [0.05, 0.1) is 12.2 Å². The third kappa shape index (κ3) is 3.67. The lowest BCUT2D eigenvalue weighted by Crippen LogP contribution is -2.30. The number of hydrogen-bond donors (Lipinski definition) is 2. The summed E-state index contributed by atoms with van der Waals surface area (Å²) >= 11 is 0. The third-order valence-corrected chi connectivity index (χ3v) is 2.58. The van der Waals surface area contributed by atoms with Crippen LogP contribution in [0.25, 0.3) is 0 Å². The number of nitrogens with zero attached hydrogens (tertiary/aromatic N) is 1. The lowest BCUT2D eigenvalue weighted by atomic mass is 10.1. The highest BCUT2D eigenvalue weighted by Gasteiger charge is 2.19. The highest BCUT2D eigenvalue weighted by molar-refractivity contribution is 5.99. The first-order chi connectivity index (χ1) is 8.86. The van der Waals surface area contributed by atoms with Crippen LogP contribution in [-0.4, -0.2) is 29.5 Å². The summed E-state index contributed by atoms with van der Waals surface area (Å²) in [5, 5.41) is 2.87. The molecule has 0 spiro atoms. The van der Waals surface area contributed by atoms with Crippen molar-refractivity contribution in [3.8, 4) is 0 Å². The predicted molar refractivity (Wildman–Crippen MR) is 71.9 cm³/mol. The maximum Gasteiger partial charge on any atom is 0.328 e. The number of nitrogens with two attached hydrogens (primary N) is 1. The van der Waals surface area contributed by atoms with E-state index in [0.717, 1.165) is 11.3 Å². The van der Waals surface area contributed by atoms with Crippen LogP contribution >= 0.6 is 0 Å². The molecular formula is C13H19N3O3. The van der Waals surface area contributed by atoms with E-state index in [1.54, 1.807) is 33.8 Å². The summed E-state index contributed by atoms with van der Waals surface area (Å²) in [6.07, 6.45) is 0. The fourth-order valence-corrected chi connectivity index (χ4v) is 1.78. The Morgan fingerprint density at radius 3 is 2.63 bits per heavy atom. The Morgan fingerprint density at radius 1 is 1.47 bits per heavy atom. The van der Waals surface area contributed by atoms with Crippen LogP contribution in [0, 0.1) is 13.8 Å². The van der Waals surface area contributed by atoms with Gasteiger partial charge in [0, 0.05) is 5.69 Å². The third-order valence-electron chi connectivity index (χ3n) is 2.58. The van der Waals surface area contributed by atoms with Crippen LogP contribution in [-0.2, 0) is 9.53 Å².